The van der Waals surface area contributed by atoms with Gasteiger partial charge in [-0.2, -0.15) is 0 Å². The van der Waals surface area contributed by atoms with Gasteiger partial charge in [0.05, 0.1) is 5.69 Å². The van der Waals surface area contributed by atoms with Crippen LogP contribution in [0.4, 0.5) is 11.4 Å². The number of rotatable bonds is 3. The molecule has 2 N–H and O–H groups in total. The molecular weight excluding hydrogens is 284 g/mol. The molecule has 0 unspecified atom stereocenters. The van der Waals surface area contributed by atoms with Gasteiger partial charge in [-0.15, -0.1) is 0 Å². The van der Waals surface area contributed by atoms with Gasteiger partial charge in [-0.1, -0.05) is 17.7 Å². The zero-order valence-corrected chi connectivity index (χ0v) is 12.6. The van der Waals surface area contributed by atoms with Gasteiger partial charge >= 0.3 is 0 Å². The smallest absolute Gasteiger partial charge is 0.0560 e. The lowest BCUT2D eigenvalue weighted by Gasteiger charge is -2.37. The minimum atomic E-state index is 0.482. The fourth-order valence-electron chi connectivity index (χ4n) is 2.67. The van der Waals surface area contributed by atoms with E-state index in [1.807, 2.05) is 30.5 Å². The number of pyridine rings is 1. The van der Waals surface area contributed by atoms with Crippen LogP contribution < -0.4 is 15.5 Å². The second-order valence-electron chi connectivity index (χ2n) is 5.16. The van der Waals surface area contributed by atoms with Gasteiger partial charge in [0.15, 0.2) is 0 Å². The summed E-state index contributed by atoms with van der Waals surface area (Å²) >= 11 is 6.07. The van der Waals surface area contributed by atoms with E-state index in [0.717, 1.165) is 36.9 Å². The number of nitrogens with two attached hydrogens (primary N) is 1. The lowest BCUT2D eigenvalue weighted by molar-refractivity contribution is 0.653. The zero-order valence-electron chi connectivity index (χ0n) is 11.9. The number of piperazine rings is 1. The van der Waals surface area contributed by atoms with Gasteiger partial charge in [0.25, 0.3) is 0 Å². The molecule has 1 saturated heterocycles. The van der Waals surface area contributed by atoms with Crippen LogP contribution >= 0.6 is 11.6 Å². The Labute approximate surface area is 130 Å². The maximum Gasteiger partial charge on any atom is 0.0560 e. The summed E-state index contributed by atoms with van der Waals surface area (Å²) in [5.74, 6) is 0. The van der Waals surface area contributed by atoms with Crippen LogP contribution in [0.15, 0.2) is 42.6 Å². The van der Waals surface area contributed by atoms with E-state index in [2.05, 4.69) is 26.9 Å². The number of halogens is 1. The lowest BCUT2D eigenvalue weighted by Crippen LogP contribution is -2.46. The molecule has 1 aliphatic rings. The third-order valence-electron chi connectivity index (χ3n) is 3.83. The van der Waals surface area contributed by atoms with Crippen LogP contribution in [0.25, 0.3) is 0 Å². The summed E-state index contributed by atoms with van der Waals surface area (Å²) in [7, 11) is 0. The summed E-state index contributed by atoms with van der Waals surface area (Å²) < 4.78 is 0. The number of hydrogen-bond acceptors (Lipinski definition) is 4. The molecule has 1 aliphatic heterocycles. The van der Waals surface area contributed by atoms with Crippen molar-refractivity contribution in [3.05, 3.63) is 53.3 Å². The molecule has 21 heavy (non-hydrogen) atoms. The van der Waals surface area contributed by atoms with Crippen LogP contribution in [0.2, 0.25) is 5.02 Å². The minimum Gasteiger partial charge on any atom is -0.368 e. The molecule has 0 amide bonds. The van der Waals surface area contributed by atoms with Crippen molar-refractivity contribution in [2.75, 3.05) is 36.0 Å². The van der Waals surface area contributed by atoms with Crippen molar-refractivity contribution in [3.8, 4) is 0 Å². The molecule has 4 nitrogen and oxygen atoms in total. The molecular formula is C16H19ClN4. The van der Waals surface area contributed by atoms with Crippen LogP contribution in [0.5, 0.6) is 0 Å². The Bertz CT molecular complexity index is 609. The average molecular weight is 303 g/mol. The zero-order chi connectivity index (χ0) is 14.7. The van der Waals surface area contributed by atoms with E-state index in [1.165, 1.54) is 11.4 Å². The van der Waals surface area contributed by atoms with Gasteiger partial charge in [-0.25, -0.2) is 0 Å². The van der Waals surface area contributed by atoms with Crippen molar-refractivity contribution in [2.24, 2.45) is 5.73 Å². The number of nitrogens with zero attached hydrogens (tertiary/aromatic N) is 3. The highest BCUT2D eigenvalue weighted by Gasteiger charge is 2.17. The monoisotopic (exact) mass is 302 g/mol. The quantitative estimate of drug-likeness (QED) is 0.946. The Morgan fingerprint density at radius 2 is 1.67 bits per heavy atom. The normalized spacial score (nSPS) is 15.3. The predicted molar refractivity (Wildman–Crippen MR) is 88.0 cm³/mol. The van der Waals surface area contributed by atoms with E-state index in [1.54, 1.807) is 0 Å². The van der Waals surface area contributed by atoms with Crippen LogP contribution in [-0.2, 0) is 6.54 Å². The SMILES string of the molecule is NCc1cc(N2CCN(c3cccc(Cl)c3)CC2)ccn1. The van der Waals surface area contributed by atoms with Gasteiger partial charge < -0.3 is 15.5 Å². The van der Waals surface area contributed by atoms with E-state index < -0.39 is 0 Å². The second kappa shape index (κ2) is 6.33. The molecule has 0 bridgehead atoms. The van der Waals surface area contributed by atoms with E-state index in [-0.39, 0.29) is 0 Å². The topological polar surface area (TPSA) is 45.4 Å². The van der Waals surface area contributed by atoms with Gasteiger partial charge in [-0.3, -0.25) is 4.98 Å². The highest BCUT2D eigenvalue weighted by atomic mass is 35.5. The molecule has 1 aromatic heterocycles. The van der Waals surface area contributed by atoms with Crippen LogP contribution in [0.1, 0.15) is 5.69 Å². The molecule has 1 aromatic carbocycles. The van der Waals surface area contributed by atoms with Crippen LogP contribution in [0, 0.1) is 0 Å². The maximum absolute atomic E-state index is 6.07. The Kier molecular flexibility index (Phi) is 4.27. The van der Waals surface area contributed by atoms with Crippen molar-refractivity contribution in [2.45, 2.75) is 6.54 Å². The van der Waals surface area contributed by atoms with Gasteiger partial charge in [0, 0.05) is 55.3 Å². The second-order valence-corrected chi connectivity index (χ2v) is 5.60. The van der Waals surface area contributed by atoms with E-state index in [0.29, 0.717) is 6.54 Å². The van der Waals surface area contributed by atoms with Crippen molar-refractivity contribution < 1.29 is 0 Å². The molecule has 110 valence electrons. The lowest BCUT2D eigenvalue weighted by atomic mass is 10.2. The third kappa shape index (κ3) is 3.28. The third-order valence-corrected chi connectivity index (χ3v) is 4.06. The van der Waals surface area contributed by atoms with Crippen molar-refractivity contribution in [3.63, 3.8) is 0 Å². The van der Waals surface area contributed by atoms with E-state index in [4.69, 9.17) is 17.3 Å². The molecule has 2 heterocycles. The van der Waals surface area contributed by atoms with Crippen molar-refractivity contribution in [1.29, 1.82) is 0 Å². The van der Waals surface area contributed by atoms with Crippen molar-refractivity contribution in [1.82, 2.24) is 4.98 Å². The first kappa shape index (κ1) is 14.2. The molecule has 0 atom stereocenters. The van der Waals surface area contributed by atoms with Crippen molar-refractivity contribution >= 4 is 23.0 Å². The van der Waals surface area contributed by atoms with Gasteiger partial charge in [0.1, 0.15) is 0 Å². The first-order valence-corrected chi connectivity index (χ1v) is 7.54. The number of benzene rings is 1. The molecule has 0 aliphatic carbocycles. The number of hydrogen-bond donors (Lipinski definition) is 1. The molecule has 1 fully saturated rings. The fourth-order valence-corrected chi connectivity index (χ4v) is 2.85. The summed E-state index contributed by atoms with van der Waals surface area (Å²) in [6.45, 7) is 4.43. The molecule has 0 saturated carbocycles. The Hall–Kier alpha value is -1.78. The van der Waals surface area contributed by atoms with Gasteiger partial charge in [0.2, 0.25) is 0 Å². The number of aromatic nitrogens is 1. The van der Waals surface area contributed by atoms with Crippen LogP contribution in [0.3, 0.4) is 0 Å². The Morgan fingerprint density at radius 1 is 1.00 bits per heavy atom. The minimum absolute atomic E-state index is 0.482. The van der Waals surface area contributed by atoms with Crippen LogP contribution in [-0.4, -0.2) is 31.2 Å². The summed E-state index contributed by atoms with van der Waals surface area (Å²) in [5, 5.41) is 0.789. The standard InChI is InChI=1S/C16H19ClN4/c17-13-2-1-3-15(10-13)20-6-8-21(9-7-20)16-4-5-19-14(11-16)12-18/h1-5,10-11H,6-9,12,18H2. The Balaban J connectivity index is 1.67. The molecule has 5 heteroatoms. The highest BCUT2D eigenvalue weighted by Crippen LogP contribution is 2.23. The maximum atomic E-state index is 6.07. The fraction of sp³-hybridized carbons (Fsp3) is 0.312. The first-order valence-electron chi connectivity index (χ1n) is 7.17. The van der Waals surface area contributed by atoms with E-state index >= 15 is 0 Å². The first-order chi connectivity index (χ1) is 10.3. The summed E-state index contributed by atoms with van der Waals surface area (Å²) in [6, 6.07) is 12.2. The van der Waals surface area contributed by atoms with Gasteiger partial charge in [-0.05, 0) is 30.3 Å². The molecule has 2 aromatic rings. The highest BCUT2D eigenvalue weighted by molar-refractivity contribution is 6.30. The molecule has 0 radical (unpaired) electrons. The Morgan fingerprint density at radius 3 is 2.29 bits per heavy atom. The molecule has 3 rings (SSSR count). The van der Waals surface area contributed by atoms with E-state index in [9.17, 15) is 0 Å². The largest absolute Gasteiger partial charge is 0.368 e. The summed E-state index contributed by atoms with van der Waals surface area (Å²) in [4.78, 5) is 8.99. The number of anilines is 2. The predicted octanol–water partition coefficient (Wildman–Crippen LogP) is 2.52. The summed E-state index contributed by atoms with van der Waals surface area (Å²) in [5.41, 5.74) is 8.99. The summed E-state index contributed by atoms with van der Waals surface area (Å²) in [6.07, 6.45) is 1.83. The average Bonchev–Trinajstić information content (AvgIpc) is 2.55. The molecule has 0 spiro atoms.